The third kappa shape index (κ3) is 5.09. The largest absolute Gasteiger partial charge is 0.487 e. The van der Waals surface area contributed by atoms with E-state index in [-0.39, 0.29) is 29.5 Å². The quantitative estimate of drug-likeness (QED) is 0.306. The van der Waals surface area contributed by atoms with Gasteiger partial charge in [-0.1, -0.05) is 28.9 Å². The Balaban J connectivity index is 2.69. The number of nitro groups is 1. The van der Waals surface area contributed by atoms with E-state index >= 15 is 0 Å². The first kappa shape index (κ1) is 16.9. The lowest BCUT2D eigenvalue weighted by Gasteiger charge is -2.08. The first-order chi connectivity index (χ1) is 9.39. The molecule has 0 bridgehead atoms. The SMILES string of the molecule is CCS(=O)(=O)CCCOc1cc(CBr)ccc1[N+](=O)[O-]. The van der Waals surface area contributed by atoms with Gasteiger partial charge in [0.2, 0.25) is 0 Å². The summed E-state index contributed by atoms with van der Waals surface area (Å²) in [6.07, 6.45) is 0.311. The second-order valence-electron chi connectivity index (χ2n) is 4.13. The molecule has 8 heteroatoms. The van der Waals surface area contributed by atoms with Crippen LogP contribution in [0, 0.1) is 10.1 Å². The molecule has 0 atom stereocenters. The van der Waals surface area contributed by atoms with E-state index in [1.807, 2.05) is 0 Å². The van der Waals surface area contributed by atoms with Gasteiger partial charge in [-0.3, -0.25) is 10.1 Å². The highest BCUT2D eigenvalue weighted by molar-refractivity contribution is 9.08. The number of hydrogen-bond donors (Lipinski definition) is 0. The number of nitro benzene ring substituents is 1. The second-order valence-corrected chi connectivity index (χ2v) is 7.16. The van der Waals surface area contributed by atoms with Gasteiger partial charge in [-0.05, 0) is 18.1 Å². The molecule has 0 aliphatic rings. The van der Waals surface area contributed by atoms with Crippen LogP contribution < -0.4 is 4.74 Å². The van der Waals surface area contributed by atoms with Crippen LogP contribution in [0.25, 0.3) is 0 Å². The third-order valence-electron chi connectivity index (χ3n) is 2.67. The Hall–Kier alpha value is -1.15. The molecule has 0 spiro atoms. The highest BCUT2D eigenvalue weighted by atomic mass is 79.9. The summed E-state index contributed by atoms with van der Waals surface area (Å²) in [5.41, 5.74) is 0.736. The summed E-state index contributed by atoms with van der Waals surface area (Å²) in [5.74, 6) is 0.280. The van der Waals surface area contributed by atoms with Crippen LogP contribution in [0.1, 0.15) is 18.9 Å². The maximum Gasteiger partial charge on any atom is 0.310 e. The van der Waals surface area contributed by atoms with Crippen LogP contribution in [-0.2, 0) is 15.2 Å². The molecule has 1 rings (SSSR count). The lowest BCUT2D eigenvalue weighted by molar-refractivity contribution is -0.385. The minimum Gasteiger partial charge on any atom is -0.487 e. The third-order valence-corrected chi connectivity index (χ3v) is 5.11. The van der Waals surface area contributed by atoms with Gasteiger partial charge in [0, 0.05) is 17.1 Å². The van der Waals surface area contributed by atoms with Crippen LogP contribution in [-0.4, -0.2) is 31.5 Å². The number of sulfone groups is 1. The van der Waals surface area contributed by atoms with Crippen LogP contribution in [0.2, 0.25) is 0 Å². The van der Waals surface area contributed by atoms with Crippen LogP contribution in [0.4, 0.5) is 5.69 Å². The average molecular weight is 366 g/mol. The molecule has 0 aliphatic heterocycles. The Bertz CT molecular complexity index is 573. The van der Waals surface area contributed by atoms with Gasteiger partial charge in [0.1, 0.15) is 9.84 Å². The van der Waals surface area contributed by atoms with E-state index in [1.54, 1.807) is 19.1 Å². The summed E-state index contributed by atoms with van der Waals surface area (Å²) in [4.78, 5) is 10.4. The maximum atomic E-state index is 11.3. The zero-order valence-electron chi connectivity index (χ0n) is 11.0. The highest BCUT2D eigenvalue weighted by Gasteiger charge is 2.16. The van der Waals surface area contributed by atoms with E-state index in [1.165, 1.54) is 6.07 Å². The van der Waals surface area contributed by atoms with E-state index in [4.69, 9.17) is 4.74 Å². The number of hydrogen-bond acceptors (Lipinski definition) is 5. The molecule has 6 nitrogen and oxygen atoms in total. The van der Waals surface area contributed by atoms with E-state index < -0.39 is 14.8 Å². The van der Waals surface area contributed by atoms with Crippen molar-refractivity contribution in [1.82, 2.24) is 0 Å². The zero-order valence-corrected chi connectivity index (χ0v) is 13.4. The number of alkyl halides is 1. The van der Waals surface area contributed by atoms with Crippen molar-refractivity contribution in [2.45, 2.75) is 18.7 Å². The number of ether oxygens (including phenoxy) is 1. The van der Waals surface area contributed by atoms with Gasteiger partial charge in [0.15, 0.2) is 5.75 Å². The Morgan fingerprint density at radius 3 is 2.65 bits per heavy atom. The molecular formula is C12H16BrNO5S. The van der Waals surface area contributed by atoms with Gasteiger partial charge in [-0.25, -0.2) is 8.42 Å². The fraction of sp³-hybridized carbons (Fsp3) is 0.500. The number of halogens is 1. The van der Waals surface area contributed by atoms with Gasteiger partial charge in [-0.15, -0.1) is 0 Å². The smallest absolute Gasteiger partial charge is 0.310 e. The van der Waals surface area contributed by atoms with E-state index in [0.29, 0.717) is 11.8 Å². The molecule has 20 heavy (non-hydrogen) atoms. The molecule has 0 fully saturated rings. The van der Waals surface area contributed by atoms with Crippen molar-refractivity contribution in [1.29, 1.82) is 0 Å². The minimum absolute atomic E-state index is 0.0232. The van der Waals surface area contributed by atoms with Crippen molar-refractivity contribution in [3.63, 3.8) is 0 Å². The average Bonchev–Trinajstić information content (AvgIpc) is 2.43. The number of nitrogens with zero attached hydrogens (tertiary/aromatic N) is 1. The maximum absolute atomic E-state index is 11.3. The zero-order chi connectivity index (χ0) is 15.2. The van der Waals surface area contributed by atoms with Crippen LogP contribution >= 0.6 is 15.9 Å². The fourth-order valence-corrected chi connectivity index (χ4v) is 2.71. The first-order valence-electron chi connectivity index (χ1n) is 6.06. The molecule has 0 saturated heterocycles. The summed E-state index contributed by atoms with van der Waals surface area (Å²) in [7, 11) is -3.03. The summed E-state index contributed by atoms with van der Waals surface area (Å²) in [6, 6.07) is 4.61. The van der Waals surface area contributed by atoms with Crippen LogP contribution in [0.5, 0.6) is 5.75 Å². The predicted molar refractivity (Wildman–Crippen MR) is 80.2 cm³/mol. The van der Waals surface area contributed by atoms with Crippen LogP contribution in [0.3, 0.4) is 0 Å². The van der Waals surface area contributed by atoms with Gasteiger partial charge >= 0.3 is 5.69 Å². The molecule has 0 heterocycles. The molecule has 0 aromatic heterocycles. The molecule has 0 radical (unpaired) electrons. The molecule has 112 valence electrons. The van der Waals surface area contributed by atoms with Crippen molar-refractivity contribution in [2.75, 3.05) is 18.1 Å². The summed E-state index contributed by atoms with van der Waals surface area (Å²) in [5, 5.41) is 11.4. The molecule has 0 saturated carbocycles. The summed E-state index contributed by atoms with van der Waals surface area (Å²) < 4.78 is 28.0. The van der Waals surface area contributed by atoms with Crippen molar-refractivity contribution < 1.29 is 18.1 Å². The Morgan fingerprint density at radius 2 is 2.10 bits per heavy atom. The topological polar surface area (TPSA) is 86.5 Å². The number of rotatable bonds is 8. The molecule has 0 N–H and O–H groups in total. The lowest BCUT2D eigenvalue weighted by atomic mass is 10.2. The van der Waals surface area contributed by atoms with Gasteiger partial charge in [0.05, 0.1) is 17.3 Å². The molecule has 1 aromatic carbocycles. The van der Waals surface area contributed by atoms with Crippen LogP contribution in [0.15, 0.2) is 18.2 Å². The van der Waals surface area contributed by atoms with Gasteiger partial charge < -0.3 is 4.74 Å². The van der Waals surface area contributed by atoms with Crippen molar-refractivity contribution >= 4 is 31.5 Å². The Morgan fingerprint density at radius 1 is 1.40 bits per heavy atom. The van der Waals surface area contributed by atoms with Gasteiger partial charge in [-0.2, -0.15) is 0 Å². The molecular weight excluding hydrogens is 350 g/mol. The second kappa shape index (κ2) is 7.58. The molecule has 0 aliphatic carbocycles. The summed E-state index contributed by atoms with van der Waals surface area (Å²) in [6.45, 7) is 1.71. The predicted octanol–water partition coefficient (Wildman–Crippen LogP) is 2.69. The van der Waals surface area contributed by atoms with E-state index in [9.17, 15) is 18.5 Å². The standard InChI is InChI=1S/C12H16BrNO5S/c1-2-20(17,18)7-3-6-19-12-8-10(9-13)4-5-11(12)14(15)16/h4-5,8H,2-3,6-7,9H2,1H3. The first-order valence-corrected chi connectivity index (χ1v) is 9.00. The van der Waals surface area contributed by atoms with Crippen molar-refractivity contribution in [3.05, 3.63) is 33.9 Å². The van der Waals surface area contributed by atoms with E-state index in [2.05, 4.69) is 15.9 Å². The normalized spacial score (nSPS) is 11.3. The highest BCUT2D eigenvalue weighted by Crippen LogP contribution is 2.28. The van der Waals surface area contributed by atoms with Crippen molar-refractivity contribution in [3.8, 4) is 5.75 Å². The van der Waals surface area contributed by atoms with Gasteiger partial charge in [0.25, 0.3) is 0 Å². The molecule has 1 aromatic rings. The molecule has 0 amide bonds. The Kier molecular flexibility index (Phi) is 6.41. The monoisotopic (exact) mass is 365 g/mol. The molecule has 0 unspecified atom stereocenters. The minimum atomic E-state index is -3.03. The lowest BCUT2D eigenvalue weighted by Crippen LogP contribution is -2.12. The number of benzene rings is 1. The van der Waals surface area contributed by atoms with Crippen molar-refractivity contribution in [2.24, 2.45) is 0 Å². The van der Waals surface area contributed by atoms with E-state index in [0.717, 1.165) is 5.56 Å². The summed E-state index contributed by atoms with van der Waals surface area (Å²) >= 11 is 3.27. The Labute approximate surface area is 126 Å². The fourth-order valence-electron chi connectivity index (χ4n) is 1.51.